The van der Waals surface area contributed by atoms with E-state index in [1.807, 2.05) is 0 Å². The van der Waals surface area contributed by atoms with Gasteiger partial charge in [0.1, 0.15) is 21.1 Å². The average Bonchev–Trinajstić information content (AvgIpc) is 3.57. The van der Waals surface area contributed by atoms with Gasteiger partial charge in [-0.25, -0.2) is 41.0 Å². The molecular weight excluding hydrogens is 1120 g/mol. The van der Waals surface area contributed by atoms with E-state index in [9.17, 15) is 82.4 Å². The summed E-state index contributed by atoms with van der Waals surface area (Å²) < 4.78 is 141. The normalized spacial score (nSPS) is 12.4. The number of nitrogens with zero attached hydrogens (tertiary/aromatic N) is 1. The van der Waals surface area contributed by atoms with Crippen molar-refractivity contribution in [3.8, 4) is 22.5 Å². The number of anilines is 4. The Hall–Kier alpha value is -8.99. The van der Waals surface area contributed by atoms with Gasteiger partial charge in [0.15, 0.2) is 0 Å². The lowest BCUT2D eigenvalue weighted by molar-refractivity contribution is 0.0651. The maximum absolute atomic E-state index is 13.8. The molecule has 27 heteroatoms. The third-order valence-corrected chi connectivity index (χ3v) is 17.4. The Kier molecular flexibility index (Phi) is 14.8. The van der Waals surface area contributed by atoms with Crippen LogP contribution in [0.4, 0.5) is 28.4 Å². The van der Waals surface area contributed by atoms with Gasteiger partial charge in [-0.1, -0.05) is 30.3 Å². The Morgan fingerprint density at radius 2 is 0.975 bits per heavy atom. The summed E-state index contributed by atoms with van der Waals surface area (Å²) in [5, 5.41) is 41.2. The number of hydrogen-bond acceptors (Lipinski definition) is 15. The highest BCUT2D eigenvalue weighted by atomic mass is 32.2. The number of sulfonamides is 2. The standard InChI is InChI=1S/C53H44N4O19S4/c1-24-17-26(3)48(56-77(66,67)31-12-15-33(50(58)59)37(20-31)52(62)63)28(5)46(24)54-30-11-14-35-41(19-30)76-42-23-40(44(80(73,74)75)22-39(42)45(35)36-9-7-8-10-43(36)79(70,71)72)55-47-25(2)18-27(4)49(29(47)6)57-78(68,69)32-13-16-34(51(60)61)38(21-32)53(64)65/h7-23,54,56-57H,1-6H3,(H,58,59)(H,60,61)(H,62,63)(H,64,65)(H,70,71,72)(H,73,74,75). The molecule has 9 N–H and O–H groups in total. The number of aromatic carboxylic acids is 4. The lowest BCUT2D eigenvalue weighted by atomic mass is 9.93. The van der Waals surface area contributed by atoms with Crippen molar-refractivity contribution in [2.24, 2.45) is 4.99 Å². The average molecular weight is 1170 g/mol. The molecule has 0 amide bonds. The first-order chi connectivity index (χ1) is 37.2. The SMILES string of the molecule is Cc1cc(C)c(NS(=O)(=O)c2ccc(C(=O)O)c(C(=O)O)c2)c(C)c1N=c1cc2oc3cc(Nc4c(C)cc(C)c(NS(=O)(=O)c5ccc(C(=O)O)c(C(=O)O)c5)c4C)ccc3c(-c3ccccc3S(=O)(=O)O)c-2cc1S(=O)(=O)O. The van der Waals surface area contributed by atoms with Gasteiger partial charge in [-0.3, -0.25) is 18.5 Å². The molecule has 1 heterocycles. The van der Waals surface area contributed by atoms with Crippen LogP contribution in [0.5, 0.6) is 0 Å². The molecule has 1 aliphatic heterocycles. The summed E-state index contributed by atoms with van der Waals surface area (Å²) in [4.78, 5) is 49.2. The van der Waals surface area contributed by atoms with Gasteiger partial charge in [-0.05, 0) is 136 Å². The van der Waals surface area contributed by atoms with Crippen LogP contribution in [0.1, 0.15) is 74.8 Å². The van der Waals surface area contributed by atoms with Gasteiger partial charge >= 0.3 is 23.9 Å². The fraction of sp³-hybridized carbons (Fsp3) is 0.113. The number of aryl methyl sites for hydroxylation is 4. The molecule has 1 aliphatic carbocycles. The molecule has 0 aromatic heterocycles. The first kappa shape index (κ1) is 57.2. The zero-order chi connectivity index (χ0) is 58.9. The zero-order valence-electron chi connectivity index (χ0n) is 42.4. The largest absolute Gasteiger partial charge is 0.478 e. The van der Waals surface area contributed by atoms with Gasteiger partial charge in [-0.15, -0.1) is 0 Å². The van der Waals surface area contributed by atoms with Crippen molar-refractivity contribution < 1.29 is 86.8 Å². The first-order valence-corrected chi connectivity index (χ1v) is 28.9. The number of fused-ring (bicyclic) bond motifs is 2. The highest BCUT2D eigenvalue weighted by molar-refractivity contribution is 7.93. The lowest BCUT2D eigenvalue weighted by Crippen LogP contribution is -2.18. The molecule has 8 rings (SSSR count). The van der Waals surface area contributed by atoms with E-state index < -0.39 is 111 Å². The van der Waals surface area contributed by atoms with Crippen LogP contribution in [-0.4, -0.2) is 87.1 Å². The highest BCUT2D eigenvalue weighted by Gasteiger charge is 2.30. The summed E-state index contributed by atoms with van der Waals surface area (Å²) in [6.45, 7) is 9.46. The van der Waals surface area contributed by atoms with Gasteiger partial charge in [0.05, 0.1) is 54.5 Å². The fourth-order valence-corrected chi connectivity index (χ4v) is 13.0. The monoisotopic (exact) mass is 1170 g/mol. The van der Waals surface area contributed by atoms with Gasteiger partial charge in [0.25, 0.3) is 40.3 Å². The molecule has 0 atom stereocenters. The molecule has 0 radical (unpaired) electrons. The molecule has 0 bridgehead atoms. The second-order valence-corrected chi connectivity index (χ2v) is 24.4. The molecule has 0 saturated carbocycles. The molecule has 0 fully saturated rings. The van der Waals surface area contributed by atoms with E-state index >= 15 is 0 Å². The Labute approximate surface area is 455 Å². The van der Waals surface area contributed by atoms with Crippen LogP contribution in [0.2, 0.25) is 0 Å². The first-order valence-electron chi connectivity index (χ1n) is 23.1. The van der Waals surface area contributed by atoms with Crippen molar-refractivity contribution in [2.75, 3.05) is 14.8 Å². The highest BCUT2D eigenvalue weighted by Crippen LogP contribution is 2.45. The van der Waals surface area contributed by atoms with Crippen molar-refractivity contribution >= 4 is 104 Å². The molecule has 0 unspecified atom stereocenters. The third kappa shape index (κ3) is 10.9. The molecule has 6 aromatic rings. The van der Waals surface area contributed by atoms with E-state index in [-0.39, 0.29) is 61.7 Å². The van der Waals surface area contributed by atoms with Gasteiger partial charge in [0.2, 0.25) is 0 Å². The summed E-state index contributed by atoms with van der Waals surface area (Å²) in [5.41, 5.74) is -0.370. The number of hydrogen-bond donors (Lipinski definition) is 9. The van der Waals surface area contributed by atoms with Gasteiger partial charge in [-0.2, -0.15) is 16.8 Å². The minimum atomic E-state index is -5.26. The molecule has 80 heavy (non-hydrogen) atoms. The fourth-order valence-electron chi connectivity index (χ4n) is 9.26. The van der Waals surface area contributed by atoms with E-state index in [0.29, 0.717) is 39.6 Å². The smallest absolute Gasteiger partial charge is 0.336 e. The van der Waals surface area contributed by atoms with Crippen LogP contribution in [-0.2, 0) is 40.3 Å². The summed E-state index contributed by atoms with van der Waals surface area (Å²) >= 11 is 0. The third-order valence-electron chi connectivity index (χ3n) is 12.9. The van der Waals surface area contributed by atoms with Crippen LogP contribution in [0.3, 0.4) is 0 Å². The molecule has 2 aliphatic rings. The molecule has 0 spiro atoms. The molecular formula is C53H44N4O19S4. The number of carboxylic acid groups (broad SMARTS) is 4. The molecule has 0 saturated heterocycles. The van der Waals surface area contributed by atoms with E-state index in [2.05, 4.69) is 19.8 Å². The summed E-state index contributed by atoms with van der Waals surface area (Å²) in [6.07, 6.45) is 0. The van der Waals surface area contributed by atoms with Crippen molar-refractivity contribution in [3.05, 3.63) is 164 Å². The van der Waals surface area contributed by atoms with Gasteiger partial charge in [0, 0.05) is 45.6 Å². The predicted octanol–water partition coefficient (Wildman–Crippen LogP) is 8.92. The minimum absolute atomic E-state index is 0.00239. The molecule has 414 valence electrons. The van der Waals surface area contributed by atoms with Crippen molar-refractivity contribution in [1.82, 2.24) is 0 Å². The van der Waals surface area contributed by atoms with Crippen molar-refractivity contribution in [2.45, 2.75) is 61.1 Å². The second kappa shape index (κ2) is 20.7. The Morgan fingerprint density at radius 1 is 0.487 bits per heavy atom. The van der Waals surface area contributed by atoms with Crippen LogP contribution >= 0.6 is 0 Å². The maximum atomic E-state index is 13.8. The Balaban J connectivity index is 1.31. The lowest BCUT2D eigenvalue weighted by Gasteiger charge is -2.21. The number of carboxylic acids is 4. The summed E-state index contributed by atoms with van der Waals surface area (Å²) in [6, 6.07) is 19.9. The topological polar surface area (TPSA) is 388 Å². The van der Waals surface area contributed by atoms with Crippen molar-refractivity contribution in [1.29, 1.82) is 0 Å². The van der Waals surface area contributed by atoms with Crippen LogP contribution in [0.25, 0.3) is 33.4 Å². The number of rotatable bonds is 16. The van der Waals surface area contributed by atoms with Crippen LogP contribution in [0.15, 0.2) is 132 Å². The maximum Gasteiger partial charge on any atom is 0.336 e. The number of carbonyl (C=O) groups is 4. The van der Waals surface area contributed by atoms with Gasteiger partial charge < -0.3 is 30.2 Å². The van der Waals surface area contributed by atoms with E-state index in [4.69, 9.17) is 4.42 Å². The zero-order valence-corrected chi connectivity index (χ0v) is 45.7. The van der Waals surface area contributed by atoms with Crippen LogP contribution < -0.4 is 20.1 Å². The van der Waals surface area contributed by atoms with Crippen LogP contribution in [0, 0.1) is 41.5 Å². The van der Waals surface area contributed by atoms with Crippen molar-refractivity contribution in [3.63, 3.8) is 0 Å². The Bertz CT molecular complexity index is 4570. The minimum Gasteiger partial charge on any atom is -0.478 e. The number of nitrogens with one attached hydrogen (secondary N) is 3. The number of benzene rings is 7. The molecule has 6 aromatic carbocycles. The summed E-state index contributed by atoms with van der Waals surface area (Å²) in [7, 11) is -19.5. The predicted molar refractivity (Wildman–Crippen MR) is 290 cm³/mol. The Morgan fingerprint density at radius 3 is 1.49 bits per heavy atom. The quantitative estimate of drug-likeness (QED) is 0.0322. The second-order valence-electron chi connectivity index (χ2n) is 18.3. The molecule has 23 nitrogen and oxygen atoms in total. The summed E-state index contributed by atoms with van der Waals surface area (Å²) in [5.74, 6) is -6.75. The van der Waals surface area contributed by atoms with E-state index in [1.165, 1.54) is 56.3 Å². The van der Waals surface area contributed by atoms with E-state index in [0.717, 1.165) is 48.5 Å². The van der Waals surface area contributed by atoms with E-state index in [1.54, 1.807) is 33.8 Å².